The van der Waals surface area contributed by atoms with Crippen LogP contribution in [0.2, 0.25) is 0 Å². The van der Waals surface area contributed by atoms with E-state index < -0.39 is 17.5 Å². The molecule has 0 atom stereocenters. The van der Waals surface area contributed by atoms with Crippen molar-refractivity contribution in [2.45, 2.75) is 12.7 Å². The summed E-state index contributed by atoms with van der Waals surface area (Å²) in [5.74, 6) is 1.37. The van der Waals surface area contributed by atoms with Crippen molar-refractivity contribution in [3.05, 3.63) is 82.9 Å². The van der Waals surface area contributed by atoms with Crippen molar-refractivity contribution in [3.63, 3.8) is 0 Å². The third kappa shape index (κ3) is 4.96. The number of Topliss-reactive ketones (excluding diaryl/α,β-unsaturated/α-hetero) is 1. The molecular formula is C24H18F3N3O2. The van der Waals surface area contributed by atoms with E-state index in [-0.39, 0.29) is 29.2 Å². The van der Waals surface area contributed by atoms with Gasteiger partial charge in [0.25, 0.3) is 0 Å². The minimum Gasteiger partial charge on any atom is -0.353 e. The summed E-state index contributed by atoms with van der Waals surface area (Å²) >= 11 is 0. The number of hydrogen-bond donors (Lipinski definition) is 3. The van der Waals surface area contributed by atoms with Crippen LogP contribution < -0.4 is 16.4 Å². The molecule has 0 saturated heterocycles. The Bertz CT molecular complexity index is 1210. The molecule has 4 N–H and O–H groups in total. The summed E-state index contributed by atoms with van der Waals surface area (Å²) in [5.41, 5.74) is 6.72. The highest BCUT2D eigenvalue weighted by atomic mass is 19.4. The summed E-state index contributed by atoms with van der Waals surface area (Å²) in [4.78, 5) is 23.5. The van der Waals surface area contributed by atoms with Crippen LogP contribution in [0.5, 0.6) is 0 Å². The smallest absolute Gasteiger partial charge is 0.353 e. The molecule has 0 spiro atoms. The second kappa shape index (κ2) is 9.37. The molecule has 0 amide bonds. The van der Waals surface area contributed by atoms with Crippen LogP contribution >= 0.6 is 0 Å². The summed E-state index contributed by atoms with van der Waals surface area (Å²) in [6.07, 6.45) is 1.30. The van der Waals surface area contributed by atoms with E-state index in [4.69, 9.17) is 12.2 Å². The van der Waals surface area contributed by atoms with Crippen LogP contribution in [0.15, 0.2) is 60.7 Å². The Labute approximate surface area is 182 Å². The second-order valence-corrected chi connectivity index (χ2v) is 6.77. The van der Waals surface area contributed by atoms with E-state index in [0.717, 1.165) is 12.1 Å². The first-order chi connectivity index (χ1) is 15.3. The van der Waals surface area contributed by atoms with Gasteiger partial charge in [0.2, 0.25) is 5.78 Å². The number of nitrogens with two attached hydrogens (primary N) is 1. The number of carbonyl (C=O) groups is 2. The molecule has 3 aromatic carbocycles. The molecule has 0 aliphatic heterocycles. The zero-order valence-corrected chi connectivity index (χ0v) is 16.7. The fourth-order valence-corrected chi connectivity index (χ4v) is 3.03. The molecule has 0 heterocycles. The standard InChI is InChI=1S/C24H18F3N3O2/c1-2-23(32)18-11-15(13-28)7-9-20(18)30-22-12-17(24(25,26)27)8-10-21(22)29-19-6-4-3-5-16(19)14-31/h1,3-12,14,29-30H,13,28H2. The van der Waals surface area contributed by atoms with Gasteiger partial charge in [-0.1, -0.05) is 18.2 Å². The maximum absolute atomic E-state index is 13.4. The number of aldehydes is 1. The van der Waals surface area contributed by atoms with Gasteiger partial charge in [0, 0.05) is 17.8 Å². The lowest BCUT2D eigenvalue weighted by Gasteiger charge is -2.19. The minimum atomic E-state index is -4.59. The quantitative estimate of drug-likeness (QED) is 0.203. The zero-order valence-electron chi connectivity index (χ0n) is 16.7. The highest BCUT2D eigenvalue weighted by molar-refractivity contribution is 6.12. The van der Waals surface area contributed by atoms with Gasteiger partial charge in [-0.25, -0.2) is 0 Å². The predicted molar refractivity (Wildman–Crippen MR) is 117 cm³/mol. The molecule has 0 aliphatic carbocycles. The van der Waals surface area contributed by atoms with Crippen molar-refractivity contribution < 1.29 is 22.8 Å². The molecule has 3 aromatic rings. The molecule has 8 heteroatoms. The number of ketones is 1. The number of anilines is 4. The lowest BCUT2D eigenvalue weighted by molar-refractivity contribution is -0.137. The molecule has 3 rings (SSSR count). The molecule has 0 radical (unpaired) electrons. The highest BCUT2D eigenvalue weighted by Crippen LogP contribution is 2.37. The van der Waals surface area contributed by atoms with Crippen LogP contribution in [0, 0.1) is 12.3 Å². The normalized spacial score (nSPS) is 10.8. The first kappa shape index (κ1) is 22.6. The summed E-state index contributed by atoms with van der Waals surface area (Å²) in [7, 11) is 0. The van der Waals surface area contributed by atoms with E-state index in [1.54, 1.807) is 30.3 Å². The number of benzene rings is 3. The monoisotopic (exact) mass is 437 g/mol. The topological polar surface area (TPSA) is 84.2 Å². The SMILES string of the molecule is C#CC(=O)c1cc(CN)ccc1Nc1cc(C(F)(F)F)ccc1Nc1ccccc1C=O. The van der Waals surface area contributed by atoms with E-state index in [9.17, 15) is 22.8 Å². The molecular weight excluding hydrogens is 419 g/mol. The predicted octanol–water partition coefficient (Wildman–Crippen LogP) is 5.28. The molecule has 0 unspecified atom stereocenters. The minimum absolute atomic E-state index is 0.0343. The molecule has 0 aromatic heterocycles. The number of hydrogen-bond acceptors (Lipinski definition) is 5. The van der Waals surface area contributed by atoms with Crippen LogP contribution in [0.25, 0.3) is 0 Å². The molecule has 0 bridgehead atoms. The molecule has 0 aliphatic rings. The van der Waals surface area contributed by atoms with Crippen LogP contribution in [0.1, 0.15) is 31.8 Å². The number of rotatable bonds is 7. The average Bonchev–Trinajstić information content (AvgIpc) is 2.79. The van der Waals surface area contributed by atoms with Crippen LogP contribution in [0.3, 0.4) is 0 Å². The van der Waals surface area contributed by atoms with Crippen LogP contribution in [-0.4, -0.2) is 12.1 Å². The Morgan fingerprint density at radius 3 is 2.31 bits per heavy atom. The van der Waals surface area contributed by atoms with E-state index in [2.05, 4.69) is 10.6 Å². The summed E-state index contributed by atoms with van der Waals surface area (Å²) in [6.45, 7) is 0.157. The van der Waals surface area contributed by atoms with Crippen LogP contribution in [-0.2, 0) is 12.7 Å². The number of halogens is 3. The number of terminal acetylenes is 1. The van der Waals surface area contributed by atoms with Crippen molar-refractivity contribution in [1.29, 1.82) is 0 Å². The van der Waals surface area contributed by atoms with Gasteiger partial charge in [0.15, 0.2) is 6.29 Å². The van der Waals surface area contributed by atoms with E-state index in [1.165, 1.54) is 18.2 Å². The zero-order chi connectivity index (χ0) is 23.3. The maximum atomic E-state index is 13.4. The summed E-state index contributed by atoms with van der Waals surface area (Å²) < 4.78 is 40.1. The molecule has 5 nitrogen and oxygen atoms in total. The van der Waals surface area contributed by atoms with Crippen molar-refractivity contribution >= 4 is 34.8 Å². The van der Waals surface area contributed by atoms with Crippen LogP contribution in [0.4, 0.5) is 35.9 Å². The van der Waals surface area contributed by atoms with Gasteiger partial charge < -0.3 is 16.4 Å². The third-order valence-electron chi connectivity index (χ3n) is 4.67. The first-order valence-corrected chi connectivity index (χ1v) is 9.40. The Morgan fingerprint density at radius 1 is 0.969 bits per heavy atom. The average molecular weight is 437 g/mol. The van der Waals surface area contributed by atoms with Crippen molar-refractivity contribution in [1.82, 2.24) is 0 Å². The van der Waals surface area contributed by atoms with Gasteiger partial charge in [0.1, 0.15) is 0 Å². The summed E-state index contributed by atoms with van der Waals surface area (Å²) in [5, 5.41) is 5.84. The highest BCUT2D eigenvalue weighted by Gasteiger charge is 2.31. The largest absolute Gasteiger partial charge is 0.416 e. The first-order valence-electron chi connectivity index (χ1n) is 9.40. The fraction of sp³-hybridized carbons (Fsp3) is 0.0833. The van der Waals surface area contributed by atoms with E-state index >= 15 is 0 Å². The van der Waals surface area contributed by atoms with Gasteiger partial charge in [-0.2, -0.15) is 13.2 Å². The van der Waals surface area contributed by atoms with Crippen molar-refractivity contribution in [2.24, 2.45) is 5.73 Å². The number of nitrogens with one attached hydrogen (secondary N) is 2. The van der Waals surface area contributed by atoms with Gasteiger partial charge >= 0.3 is 6.18 Å². The molecule has 162 valence electrons. The molecule has 0 fully saturated rings. The van der Waals surface area contributed by atoms with E-state index in [1.807, 2.05) is 5.92 Å². The van der Waals surface area contributed by atoms with Gasteiger partial charge in [-0.05, 0) is 53.9 Å². The summed E-state index contributed by atoms with van der Waals surface area (Å²) in [6, 6.07) is 14.3. The Kier molecular flexibility index (Phi) is 6.61. The Hall–Kier alpha value is -4.09. The van der Waals surface area contributed by atoms with Crippen molar-refractivity contribution in [2.75, 3.05) is 10.6 Å². The van der Waals surface area contributed by atoms with Gasteiger partial charge in [-0.3, -0.25) is 9.59 Å². The lowest BCUT2D eigenvalue weighted by Crippen LogP contribution is -2.09. The molecule has 0 saturated carbocycles. The number of alkyl halides is 3. The Balaban J connectivity index is 2.11. The third-order valence-corrected chi connectivity index (χ3v) is 4.67. The van der Waals surface area contributed by atoms with Gasteiger partial charge in [0.05, 0.1) is 28.2 Å². The number of para-hydroxylation sites is 1. The second-order valence-electron chi connectivity index (χ2n) is 6.77. The maximum Gasteiger partial charge on any atom is 0.416 e. The lowest BCUT2D eigenvalue weighted by atomic mass is 10.0. The molecule has 32 heavy (non-hydrogen) atoms. The van der Waals surface area contributed by atoms with Crippen molar-refractivity contribution in [3.8, 4) is 12.3 Å². The van der Waals surface area contributed by atoms with Gasteiger partial charge in [-0.15, -0.1) is 6.42 Å². The van der Waals surface area contributed by atoms with E-state index in [0.29, 0.717) is 23.1 Å². The number of carbonyl (C=O) groups excluding carboxylic acids is 2. The Morgan fingerprint density at radius 2 is 1.66 bits per heavy atom. The fourth-order valence-electron chi connectivity index (χ4n) is 3.03.